The van der Waals surface area contributed by atoms with Gasteiger partial charge in [0, 0.05) is 16.1 Å². The quantitative estimate of drug-likeness (QED) is 0.378. The summed E-state index contributed by atoms with van der Waals surface area (Å²) in [5.41, 5.74) is 2.65. The van der Waals surface area contributed by atoms with Gasteiger partial charge >= 0.3 is 0 Å². The molecule has 4 nitrogen and oxygen atoms in total. The van der Waals surface area contributed by atoms with Crippen LogP contribution in [0.3, 0.4) is 0 Å². The van der Waals surface area contributed by atoms with Crippen molar-refractivity contribution in [3.8, 4) is 0 Å². The Bertz CT molecular complexity index is 1190. The number of fused-ring (bicyclic) bond motifs is 1. The maximum absolute atomic E-state index is 14.6. The standard InChI is InChI=1S/C25H23ClFN3O/c1-2-9-22(29-25(31)17-10-4-3-5-11-17)24-28-21-14-6-7-15-23(21)30(24)16-18-19(26)12-8-13-20(18)27/h3-8,10-15,22H,2,9,16H2,1H3,(H,29,31)/t22-/m0/s1. The minimum Gasteiger partial charge on any atom is -0.342 e. The number of nitrogens with one attached hydrogen (secondary N) is 1. The number of hydrogen-bond donors (Lipinski definition) is 1. The third kappa shape index (κ3) is 4.47. The van der Waals surface area contributed by atoms with E-state index in [0.717, 1.165) is 17.5 Å². The summed E-state index contributed by atoms with van der Waals surface area (Å²) in [6.07, 6.45) is 1.55. The molecule has 3 aromatic carbocycles. The van der Waals surface area contributed by atoms with Crippen LogP contribution in [0.25, 0.3) is 11.0 Å². The third-order valence-electron chi connectivity index (χ3n) is 5.29. The van der Waals surface area contributed by atoms with E-state index in [1.54, 1.807) is 24.3 Å². The molecule has 0 aliphatic rings. The van der Waals surface area contributed by atoms with Gasteiger partial charge < -0.3 is 9.88 Å². The van der Waals surface area contributed by atoms with Gasteiger partial charge in [0.15, 0.2) is 0 Å². The van der Waals surface area contributed by atoms with Gasteiger partial charge in [-0.25, -0.2) is 9.37 Å². The highest BCUT2D eigenvalue weighted by Crippen LogP contribution is 2.28. The normalized spacial score (nSPS) is 12.1. The number of amides is 1. The number of halogens is 2. The number of aromatic nitrogens is 2. The third-order valence-corrected chi connectivity index (χ3v) is 5.65. The van der Waals surface area contributed by atoms with Crippen molar-refractivity contribution in [2.45, 2.75) is 32.4 Å². The van der Waals surface area contributed by atoms with Crippen LogP contribution >= 0.6 is 11.6 Å². The van der Waals surface area contributed by atoms with E-state index >= 15 is 0 Å². The van der Waals surface area contributed by atoms with E-state index in [9.17, 15) is 9.18 Å². The summed E-state index contributed by atoms with van der Waals surface area (Å²) in [6, 6.07) is 21.1. The van der Waals surface area contributed by atoms with E-state index in [-0.39, 0.29) is 24.3 Å². The SMILES string of the molecule is CCC[C@H](NC(=O)c1ccccc1)c1nc2ccccc2n1Cc1c(F)cccc1Cl. The number of nitrogens with zero attached hydrogens (tertiary/aromatic N) is 2. The van der Waals surface area contributed by atoms with Gasteiger partial charge in [-0.2, -0.15) is 0 Å². The molecule has 0 bridgehead atoms. The number of imidazole rings is 1. The second-order valence-corrected chi connectivity index (χ2v) is 7.83. The summed E-state index contributed by atoms with van der Waals surface area (Å²) in [6.45, 7) is 2.28. The molecule has 0 saturated heterocycles. The molecule has 0 unspecified atom stereocenters. The fourth-order valence-corrected chi connectivity index (χ4v) is 3.98. The molecule has 0 fully saturated rings. The van der Waals surface area contributed by atoms with Crippen molar-refractivity contribution >= 4 is 28.5 Å². The Kier molecular flexibility index (Phi) is 6.33. The van der Waals surface area contributed by atoms with E-state index in [1.807, 2.05) is 47.0 Å². The van der Waals surface area contributed by atoms with Crippen LogP contribution in [0, 0.1) is 5.82 Å². The second-order valence-electron chi connectivity index (χ2n) is 7.43. The molecule has 1 amide bonds. The molecular formula is C25H23ClFN3O. The Labute approximate surface area is 185 Å². The molecule has 158 valence electrons. The van der Waals surface area contributed by atoms with E-state index in [2.05, 4.69) is 12.2 Å². The lowest BCUT2D eigenvalue weighted by atomic mass is 10.1. The average Bonchev–Trinajstić information content (AvgIpc) is 3.15. The largest absolute Gasteiger partial charge is 0.342 e. The van der Waals surface area contributed by atoms with Gasteiger partial charge in [0.1, 0.15) is 11.6 Å². The molecular weight excluding hydrogens is 413 g/mol. The first-order chi connectivity index (χ1) is 15.1. The smallest absolute Gasteiger partial charge is 0.251 e. The predicted octanol–water partition coefficient (Wildman–Crippen LogP) is 6.15. The lowest BCUT2D eigenvalue weighted by molar-refractivity contribution is 0.0932. The molecule has 4 aromatic rings. The summed E-state index contributed by atoms with van der Waals surface area (Å²) in [7, 11) is 0. The Morgan fingerprint density at radius 2 is 1.81 bits per heavy atom. The van der Waals surface area contributed by atoms with Crippen LogP contribution in [-0.4, -0.2) is 15.5 Å². The van der Waals surface area contributed by atoms with Crippen molar-refractivity contribution in [1.29, 1.82) is 0 Å². The average molecular weight is 436 g/mol. The highest BCUT2D eigenvalue weighted by atomic mass is 35.5. The molecule has 1 heterocycles. The lowest BCUT2D eigenvalue weighted by Crippen LogP contribution is -2.30. The van der Waals surface area contributed by atoms with E-state index in [0.29, 0.717) is 28.4 Å². The van der Waals surface area contributed by atoms with Crippen molar-refractivity contribution in [3.05, 3.63) is 101 Å². The molecule has 0 aliphatic carbocycles. The minimum atomic E-state index is -0.364. The number of carbonyl (C=O) groups is 1. The molecule has 4 rings (SSSR count). The fourth-order valence-electron chi connectivity index (χ4n) is 3.75. The van der Waals surface area contributed by atoms with Crippen molar-refractivity contribution < 1.29 is 9.18 Å². The lowest BCUT2D eigenvalue weighted by Gasteiger charge is -2.20. The second kappa shape index (κ2) is 9.31. The maximum atomic E-state index is 14.6. The van der Waals surface area contributed by atoms with Crippen molar-refractivity contribution in [2.75, 3.05) is 0 Å². The van der Waals surface area contributed by atoms with Crippen LogP contribution < -0.4 is 5.32 Å². The molecule has 0 radical (unpaired) electrons. The first-order valence-corrected chi connectivity index (χ1v) is 10.7. The molecule has 31 heavy (non-hydrogen) atoms. The summed E-state index contributed by atoms with van der Waals surface area (Å²) in [5.74, 6) is 0.157. The molecule has 0 aliphatic heterocycles. The van der Waals surface area contributed by atoms with Crippen molar-refractivity contribution in [3.63, 3.8) is 0 Å². The van der Waals surface area contributed by atoms with Gasteiger partial charge in [-0.1, -0.05) is 61.3 Å². The minimum absolute atomic E-state index is 0.165. The molecule has 1 atom stereocenters. The van der Waals surface area contributed by atoms with Gasteiger partial charge in [-0.05, 0) is 42.8 Å². The molecule has 1 N–H and O–H groups in total. The van der Waals surface area contributed by atoms with E-state index in [1.165, 1.54) is 6.07 Å². The van der Waals surface area contributed by atoms with Crippen LogP contribution in [0.5, 0.6) is 0 Å². The number of rotatable bonds is 7. The number of benzene rings is 3. The highest BCUT2D eigenvalue weighted by molar-refractivity contribution is 6.31. The number of para-hydroxylation sites is 2. The summed E-state index contributed by atoms with van der Waals surface area (Å²) in [5, 5.41) is 3.48. The van der Waals surface area contributed by atoms with Crippen LogP contribution in [-0.2, 0) is 6.54 Å². The first-order valence-electron chi connectivity index (χ1n) is 10.3. The number of carbonyl (C=O) groups excluding carboxylic acids is 1. The van der Waals surface area contributed by atoms with Crippen LogP contribution in [0.15, 0.2) is 72.8 Å². The topological polar surface area (TPSA) is 46.9 Å². The van der Waals surface area contributed by atoms with Crippen molar-refractivity contribution in [1.82, 2.24) is 14.9 Å². The maximum Gasteiger partial charge on any atom is 0.251 e. The fraction of sp³-hybridized carbons (Fsp3) is 0.200. The van der Waals surface area contributed by atoms with Gasteiger partial charge in [0.2, 0.25) is 0 Å². The van der Waals surface area contributed by atoms with E-state index < -0.39 is 0 Å². The van der Waals surface area contributed by atoms with Crippen LogP contribution in [0.4, 0.5) is 4.39 Å². The number of hydrogen-bond acceptors (Lipinski definition) is 2. The summed E-state index contributed by atoms with van der Waals surface area (Å²) >= 11 is 6.31. The molecule has 6 heteroatoms. The zero-order valence-corrected chi connectivity index (χ0v) is 17.9. The Morgan fingerprint density at radius 1 is 1.06 bits per heavy atom. The first kappa shape index (κ1) is 21.1. The Morgan fingerprint density at radius 3 is 2.55 bits per heavy atom. The molecule has 1 aromatic heterocycles. The van der Waals surface area contributed by atoms with Gasteiger partial charge in [0.25, 0.3) is 5.91 Å². The monoisotopic (exact) mass is 435 g/mol. The van der Waals surface area contributed by atoms with Crippen molar-refractivity contribution in [2.24, 2.45) is 0 Å². The summed E-state index contributed by atoms with van der Waals surface area (Å²) in [4.78, 5) is 17.7. The van der Waals surface area contributed by atoms with Crippen LogP contribution in [0.1, 0.15) is 47.6 Å². The molecule has 0 saturated carbocycles. The highest BCUT2D eigenvalue weighted by Gasteiger charge is 2.23. The zero-order chi connectivity index (χ0) is 21.8. The van der Waals surface area contributed by atoms with Gasteiger partial charge in [-0.3, -0.25) is 4.79 Å². The Hall–Kier alpha value is -3.18. The zero-order valence-electron chi connectivity index (χ0n) is 17.2. The Balaban J connectivity index is 1.77. The van der Waals surface area contributed by atoms with Gasteiger partial charge in [-0.15, -0.1) is 0 Å². The summed E-state index contributed by atoms with van der Waals surface area (Å²) < 4.78 is 16.5. The predicted molar refractivity (Wildman–Crippen MR) is 122 cm³/mol. The molecule has 0 spiro atoms. The van der Waals surface area contributed by atoms with Crippen LogP contribution in [0.2, 0.25) is 5.02 Å². The van der Waals surface area contributed by atoms with Gasteiger partial charge in [0.05, 0.1) is 23.6 Å². The van der Waals surface area contributed by atoms with E-state index in [4.69, 9.17) is 16.6 Å².